The number of likely N-dealkylation sites (tertiary alicyclic amines) is 1. The molecule has 3 heterocycles. The summed E-state index contributed by atoms with van der Waals surface area (Å²) >= 11 is 1.31. The van der Waals surface area contributed by atoms with Crippen LogP contribution in [0, 0.1) is 11.7 Å². The fourth-order valence-electron chi connectivity index (χ4n) is 3.79. The lowest BCUT2D eigenvalue weighted by molar-refractivity contribution is 0.0894. The first-order chi connectivity index (χ1) is 14.2. The Morgan fingerprint density at radius 1 is 1.33 bits per heavy atom. The smallest absolute Gasteiger partial charge is 0.294 e. The number of fused-ring (bicyclic) bond motifs is 1. The summed E-state index contributed by atoms with van der Waals surface area (Å²) in [5.74, 6) is -0.130. The lowest BCUT2D eigenvalue weighted by Gasteiger charge is -2.33. The van der Waals surface area contributed by atoms with Crippen LogP contribution in [0.1, 0.15) is 26.7 Å². The second kappa shape index (κ2) is 8.24. The van der Waals surface area contributed by atoms with Crippen LogP contribution in [0.5, 0.6) is 5.19 Å². The van der Waals surface area contributed by atoms with Crippen molar-refractivity contribution in [3.8, 4) is 16.5 Å². The van der Waals surface area contributed by atoms with Gasteiger partial charge >= 0.3 is 0 Å². The lowest BCUT2D eigenvalue weighted by Crippen LogP contribution is -2.38. The van der Waals surface area contributed by atoms with E-state index in [1.165, 1.54) is 23.5 Å². The number of imidazole rings is 1. The van der Waals surface area contributed by atoms with Crippen molar-refractivity contribution in [1.82, 2.24) is 19.5 Å². The summed E-state index contributed by atoms with van der Waals surface area (Å²) in [7, 11) is -3.46. The van der Waals surface area contributed by atoms with E-state index in [9.17, 15) is 12.8 Å². The molecule has 1 aliphatic rings. The Hall–Kier alpha value is -2.04. The molecule has 0 unspecified atom stereocenters. The molecular formula is C20H25FN4O3S2. The summed E-state index contributed by atoms with van der Waals surface area (Å²) in [6.45, 7) is 7.56. The van der Waals surface area contributed by atoms with E-state index in [1.807, 2.05) is 0 Å². The van der Waals surface area contributed by atoms with Crippen molar-refractivity contribution in [2.75, 3.05) is 25.9 Å². The molecule has 2 aromatic heterocycles. The zero-order chi connectivity index (χ0) is 21.5. The van der Waals surface area contributed by atoms with E-state index in [2.05, 4.69) is 28.8 Å². The molecular weight excluding hydrogens is 427 g/mol. The molecule has 30 heavy (non-hydrogen) atoms. The fourth-order valence-corrected chi connectivity index (χ4v) is 5.24. The van der Waals surface area contributed by atoms with Gasteiger partial charge in [-0.05, 0) is 74.9 Å². The third kappa shape index (κ3) is 4.35. The largest absolute Gasteiger partial charge is 0.466 e. The molecule has 0 bridgehead atoms. The van der Waals surface area contributed by atoms with Crippen molar-refractivity contribution in [3.63, 3.8) is 0 Å². The number of halogens is 1. The Morgan fingerprint density at radius 2 is 2.07 bits per heavy atom. The molecule has 0 N–H and O–H groups in total. The number of hydrogen-bond donors (Lipinski definition) is 0. The average Bonchev–Trinajstić information content (AvgIpc) is 3.25. The van der Waals surface area contributed by atoms with Gasteiger partial charge in [-0.2, -0.15) is 0 Å². The number of piperidine rings is 1. The first kappa shape index (κ1) is 21.2. The van der Waals surface area contributed by atoms with E-state index in [0.29, 0.717) is 21.8 Å². The van der Waals surface area contributed by atoms with Crippen molar-refractivity contribution in [2.45, 2.75) is 37.7 Å². The van der Waals surface area contributed by atoms with Gasteiger partial charge in [0.2, 0.25) is 4.96 Å². The van der Waals surface area contributed by atoms with Gasteiger partial charge < -0.3 is 9.64 Å². The zero-order valence-corrected chi connectivity index (χ0v) is 18.8. The molecule has 162 valence electrons. The molecule has 1 atom stereocenters. The van der Waals surface area contributed by atoms with Gasteiger partial charge in [0.25, 0.3) is 5.19 Å². The first-order valence-corrected chi connectivity index (χ1v) is 12.7. The molecule has 10 heteroatoms. The van der Waals surface area contributed by atoms with Crippen LogP contribution in [0.4, 0.5) is 4.39 Å². The van der Waals surface area contributed by atoms with Crippen LogP contribution in [0.15, 0.2) is 29.3 Å². The molecule has 1 aliphatic heterocycles. The molecule has 0 spiro atoms. The normalized spacial score (nSPS) is 17.5. The van der Waals surface area contributed by atoms with Crippen molar-refractivity contribution in [1.29, 1.82) is 0 Å². The molecule has 7 nitrogen and oxygen atoms in total. The van der Waals surface area contributed by atoms with E-state index < -0.39 is 15.7 Å². The number of rotatable bonds is 6. The zero-order valence-electron chi connectivity index (χ0n) is 17.2. The van der Waals surface area contributed by atoms with Crippen molar-refractivity contribution in [3.05, 3.63) is 30.2 Å². The van der Waals surface area contributed by atoms with Crippen LogP contribution in [0.2, 0.25) is 0 Å². The summed E-state index contributed by atoms with van der Waals surface area (Å²) in [6, 6.07) is 3.83. The maximum atomic E-state index is 14.5. The van der Waals surface area contributed by atoms with Gasteiger partial charge in [-0.3, -0.25) is 0 Å². The minimum atomic E-state index is -3.46. The van der Waals surface area contributed by atoms with Gasteiger partial charge in [-0.25, -0.2) is 22.3 Å². The van der Waals surface area contributed by atoms with Gasteiger partial charge in [0.15, 0.2) is 9.84 Å². The predicted octanol–water partition coefficient (Wildman–Crippen LogP) is 3.50. The topological polar surface area (TPSA) is 76.8 Å². The Morgan fingerprint density at radius 3 is 2.67 bits per heavy atom. The maximum Gasteiger partial charge on any atom is 0.294 e. The van der Waals surface area contributed by atoms with E-state index in [4.69, 9.17) is 4.74 Å². The molecule has 1 aromatic carbocycles. The minimum Gasteiger partial charge on any atom is -0.466 e. The van der Waals surface area contributed by atoms with Crippen LogP contribution >= 0.6 is 11.3 Å². The van der Waals surface area contributed by atoms with Crippen LogP contribution < -0.4 is 4.74 Å². The van der Waals surface area contributed by atoms with E-state index >= 15 is 0 Å². The van der Waals surface area contributed by atoms with Crippen molar-refractivity contribution < 1.29 is 17.5 Å². The van der Waals surface area contributed by atoms with Crippen LogP contribution in [0.3, 0.4) is 0 Å². The number of aromatic nitrogens is 3. The third-order valence-corrected chi connectivity index (χ3v) is 7.62. The Labute approximate surface area is 179 Å². The fraction of sp³-hybridized carbons (Fsp3) is 0.500. The van der Waals surface area contributed by atoms with Gasteiger partial charge in [0.1, 0.15) is 11.9 Å². The number of sulfone groups is 1. The Bertz CT molecular complexity index is 1120. The second-order valence-corrected chi connectivity index (χ2v) is 10.7. The van der Waals surface area contributed by atoms with Gasteiger partial charge in [0.05, 0.1) is 16.8 Å². The molecule has 1 fully saturated rings. The average molecular weight is 453 g/mol. The standard InChI is InChI=1S/C20H25FN4O3S2/c1-4-24-9-7-14(8-10-24)13(2)28-20-23-25-12-18(22-19(25)29-20)16-6-5-15(11-17(16)21)30(3,26)27/h5-6,11-14H,4,7-10H2,1-3H3/t13-/m0/s1. The SMILES string of the molecule is CCN1CCC([C@H](C)Oc2nn3cc(-c4ccc(S(C)(=O)=O)cc4F)nc3s2)CC1. The van der Waals surface area contributed by atoms with Crippen molar-refractivity contribution in [2.24, 2.45) is 5.92 Å². The molecule has 1 saturated heterocycles. The van der Waals surface area contributed by atoms with E-state index in [1.54, 1.807) is 10.7 Å². The van der Waals surface area contributed by atoms with E-state index in [0.717, 1.165) is 44.8 Å². The summed E-state index contributed by atoms with van der Waals surface area (Å²) in [6.07, 6.45) is 4.98. The maximum absolute atomic E-state index is 14.5. The van der Waals surface area contributed by atoms with Crippen LogP contribution in [0.25, 0.3) is 16.2 Å². The third-order valence-electron chi connectivity index (χ3n) is 5.70. The predicted molar refractivity (Wildman–Crippen MR) is 114 cm³/mol. The summed E-state index contributed by atoms with van der Waals surface area (Å²) < 4.78 is 45.3. The number of nitrogens with zero attached hydrogens (tertiary/aromatic N) is 4. The lowest BCUT2D eigenvalue weighted by atomic mass is 9.92. The summed E-state index contributed by atoms with van der Waals surface area (Å²) in [4.78, 5) is 7.43. The number of benzene rings is 1. The quantitative estimate of drug-likeness (QED) is 0.570. The molecule has 4 rings (SSSR count). The van der Waals surface area contributed by atoms with Crippen molar-refractivity contribution >= 4 is 26.1 Å². The Kier molecular flexibility index (Phi) is 5.82. The van der Waals surface area contributed by atoms with Crippen LogP contribution in [-0.2, 0) is 9.84 Å². The minimum absolute atomic E-state index is 0.0580. The second-order valence-electron chi connectivity index (χ2n) is 7.73. The first-order valence-electron chi connectivity index (χ1n) is 10.00. The van der Waals surface area contributed by atoms with Gasteiger partial charge in [-0.15, -0.1) is 5.10 Å². The highest BCUT2D eigenvalue weighted by molar-refractivity contribution is 7.90. The highest BCUT2D eigenvalue weighted by Crippen LogP contribution is 2.30. The highest BCUT2D eigenvalue weighted by Gasteiger charge is 2.25. The van der Waals surface area contributed by atoms with Gasteiger partial charge in [-0.1, -0.05) is 6.92 Å². The summed E-state index contributed by atoms with van der Waals surface area (Å²) in [5, 5.41) is 4.98. The summed E-state index contributed by atoms with van der Waals surface area (Å²) in [5.41, 5.74) is 0.636. The highest BCUT2D eigenvalue weighted by atomic mass is 32.2. The molecule has 3 aromatic rings. The molecule has 0 aliphatic carbocycles. The number of hydrogen-bond acceptors (Lipinski definition) is 7. The number of ether oxygens (including phenoxy) is 1. The molecule has 0 saturated carbocycles. The van der Waals surface area contributed by atoms with E-state index in [-0.39, 0.29) is 16.6 Å². The van der Waals surface area contributed by atoms with Crippen LogP contribution in [-0.4, -0.2) is 59.9 Å². The molecule has 0 amide bonds. The monoisotopic (exact) mass is 452 g/mol. The van der Waals surface area contributed by atoms with Gasteiger partial charge in [0, 0.05) is 11.8 Å². The molecule has 0 radical (unpaired) electrons. The Balaban J connectivity index is 1.48.